The van der Waals surface area contributed by atoms with Gasteiger partial charge in [-0.05, 0) is 59.9 Å². The van der Waals surface area contributed by atoms with Gasteiger partial charge in [0.2, 0.25) is 10.0 Å². The normalized spacial score (nSPS) is 17.5. The molecule has 4 rings (SSSR count). The van der Waals surface area contributed by atoms with E-state index in [1.807, 2.05) is 44.2 Å². The van der Waals surface area contributed by atoms with Gasteiger partial charge >= 0.3 is 6.09 Å². The number of sulfonamides is 1. The molecule has 0 bridgehead atoms. The van der Waals surface area contributed by atoms with E-state index in [-0.39, 0.29) is 43.5 Å². The maximum absolute atomic E-state index is 13.7. The van der Waals surface area contributed by atoms with Crippen molar-refractivity contribution in [1.82, 2.24) is 9.62 Å². The average molecular weight is 626 g/mol. The lowest BCUT2D eigenvalue weighted by molar-refractivity contribution is -0.0119. The van der Waals surface area contributed by atoms with E-state index < -0.39 is 40.6 Å². The molecule has 12 heteroatoms. The number of hydrogen-bond acceptors (Lipinski definition) is 9. The van der Waals surface area contributed by atoms with Crippen LogP contribution in [0.15, 0.2) is 83.8 Å². The first-order valence-electron chi connectivity index (χ1n) is 14.4. The summed E-state index contributed by atoms with van der Waals surface area (Å²) in [4.78, 5) is 25.0. The zero-order valence-electron chi connectivity index (χ0n) is 24.7. The summed E-state index contributed by atoms with van der Waals surface area (Å²) >= 11 is 0. The molecule has 44 heavy (non-hydrogen) atoms. The molecule has 3 aromatic carbocycles. The Hall–Kier alpha value is -3.65. The van der Waals surface area contributed by atoms with Gasteiger partial charge in [-0.1, -0.05) is 56.3 Å². The molecule has 3 aromatic rings. The highest BCUT2D eigenvalue weighted by Crippen LogP contribution is 2.24. The van der Waals surface area contributed by atoms with E-state index in [4.69, 9.17) is 4.74 Å². The van der Waals surface area contributed by atoms with Crippen LogP contribution < -0.4 is 10.2 Å². The number of rotatable bonds is 15. The number of anilines is 1. The van der Waals surface area contributed by atoms with Crippen LogP contribution in [0.1, 0.15) is 35.3 Å². The molecule has 1 aliphatic rings. The first kappa shape index (κ1) is 33.2. The average Bonchev–Trinajstić information content (AvgIpc) is 3.42. The van der Waals surface area contributed by atoms with E-state index in [2.05, 4.69) is 5.32 Å². The highest BCUT2D eigenvalue weighted by atomic mass is 32.2. The van der Waals surface area contributed by atoms with Gasteiger partial charge in [-0.25, -0.2) is 13.2 Å². The maximum atomic E-state index is 13.7. The van der Waals surface area contributed by atoms with Gasteiger partial charge in [0.15, 0.2) is 6.10 Å². The summed E-state index contributed by atoms with van der Waals surface area (Å²) in [5, 5.41) is 35.0. The maximum Gasteiger partial charge on any atom is 0.414 e. The van der Waals surface area contributed by atoms with E-state index >= 15 is 0 Å². The Morgan fingerprint density at radius 3 is 2.23 bits per heavy atom. The monoisotopic (exact) mass is 625 g/mol. The molecule has 0 saturated carbocycles. The van der Waals surface area contributed by atoms with Gasteiger partial charge in [-0.15, -0.1) is 0 Å². The molecule has 0 radical (unpaired) electrons. The van der Waals surface area contributed by atoms with Crippen molar-refractivity contribution < 1.29 is 38.1 Å². The fourth-order valence-corrected chi connectivity index (χ4v) is 6.64. The summed E-state index contributed by atoms with van der Waals surface area (Å²) in [5.74, 6) is -0.0516. The predicted molar refractivity (Wildman–Crippen MR) is 164 cm³/mol. The molecular weight excluding hydrogens is 586 g/mol. The number of carbonyl (C=O) groups excluding carboxylic acids is 2. The van der Waals surface area contributed by atoms with E-state index in [0.717, 1.165) is 5.56 Å². The molecule has 1 unspecified atom stereocenters. The minimum atomic E-state index is -4.01. The molecule has 4 atom stereocenters. The number of amides is 1. The Balaban J connectivity index is 1.53. The van der Waals surface area contributed by atoms with E-state index in [0.29, 0.717) is 23.1 Å². The number of aliphatic hydroxyl groups is 3. The van der Waals surface area contributed by atoms with Crippen molar-refractivity contribution in [3.63, 3.8) is 0 Å². The molecule has 1 fully saturated rings. The number of hydrogen-bond donors (Lipinski definition) is 4. The highest BCUT2D eigenvalue weighted by molar-refractivity contribution is 7.89. The second-order valence-corrected chi connectivity index (χ2v) is 13.2. The van der Waals surface area contributed by atoms with Crippen molar-refractivity contribution in [3.05, 3.63) is 95.6 Å². The van der Waals surface area contributed by atoms with Gasteiger partial charge in [0.1, 0.15) is 12.5 Å². The van der Waals surface area contributed by atoms with Crippen molar-refractivity contribution >= 4 is 28.1 Å². The summed E-state index contributed by atoms with van der Waals surface area (Å²) in [6.07, 6.45) is -3.36. The van der Waals surface area contributed by atoms with Crippen LogP contribution in [0.5, 0.6) is 0 Å². The van der Waals surface area contributed by atoms with Gasteiger partial charge in [0.05, 0.1) is 24.2 Å². The third-order valence-electron chi connectivity index (χ3n) is 7.38. The minimum Gasteiger partial charge on any atom is -0.440 e. The van der Waals surface area contributed by atoms with E-state index in [9.17, 15) is 33.3 Å². The zero-order chi connectivity index (χ0) is 31.9. The molecule has 1 aliphatic heterocycles. The molecular formula is C32H39N3O8S. The molecule has 0 spiro atoms. The number of nitrogens with zero attached hydrogens (tertiary/aromatic N) is 2. The van der Waals surface area contributed by atoms with Crippen LogP contribution in [-0.4, -0.2) is 84.5 Å². The SMILES string of the molecule is CC(C)CN(C[C@@H](O)[C@H](Cc1ccccc1)NC(O)[C@@H]1CN(c2ccc(C=O)cc2)C(=O)O1)S(=O)(=O)c1ccc(CO)cc1. The number of ether oxygens (including phenoxy) is 1. The molecule has 1 heterocycles. The Bertz CT molecular complexity index is 1480. The lowest BCUT2D eigenvalue weighted by Crippen LogP contribution is -2.55. The standard InChI is InChI=1S/C32H39N3O8S/c1-22(2)17-34(44(41,42)27-14-10-25(21-37)11-15-27)18-29(38)28(16-23-6-4-3-5-7-23)33-31(39)30-19-35(32(40)43-30)26-12-8-24(20-36)9-13-26/h3-15,20,22,28-31,33,37-39H,16-19,21H2,1-2H3/t28-,29+,30-,31?/m0/s1. The van der Waals surface area contributed by atoms with E-state index in [1.54, 1.807) is 24.3 Å². The van der Waals surface area contributed by atoms with Crippen LogP contribution in [0.2, 0.25) is 0 Å². The molecule has 236 valence electrons. The van der Waals surface area contributed by atoms with Crippen molar-refractivity contribution in [2.45, 2.75) is 56.2 Å². The van der Waals surface area contributed by atoms with Crippen LogP contribution in [0.25, 0.3) is 0 Å². The third kappa shape index (κ3) is 8.29. The Labute approximate surface area is 257 Å². The number of aliphatic hydroxyl groups excluding tert-OH is 3. The third-order valence-corrected chi connectivity index (χ3v) is 9.22. The Morgan fingerprint density at radius 1 is 0.977 bits per heavy atom. The number of aldehydes is 1. The first-order chi connectivity index (χ1) is 21.0. The van der Waals surface area contributed by atoms with Crippen molar-refractivity contribution in [2.75, 3.05) is 24.5 Å². The van der Waals surface area contributed by atoms with Gasteiger partial charge in [-0.3, -0.25) is 15.0 Å². The number of nitrogens with one attached hydrogen (secondary N) is 1. The number of carbonyl (C=O) groups is 2. The second kappa shape index (κ2) is 14.9. The van der Waals surface area contributed by atoms with Crippen molar-refractivity contribution in [1.29, 1.82) is 0 Å². The van der Waals surface area contributed by atoms with Gasteiger partial charge < -0.3 is 20.1 Å². The molecule has 0 aliphatic carbocycles. The lowest BCUT2D eigenvalue weighted by atomic mass is 10.00. The van der Waals surface area contributed by atoms with Crippen LogP contribution in [0.3, 0.4) is 0 Å². The van der Waals surface area contributed by atoms with Crippen molar-refractivity contribution in [3.8, 4) is 0 Å². The lowest BCUT2D eigenvalue weighted by Gasteiger charge is -2.32. The topological polar surface area (TPSA) is 157 Å². The molecule has 11 nitrogen and oxygen atoms in total. The van der Waals surface area contributed by atoms with Crippen LogP contribution in [0.4, 0.5) is 10.5 Å². The summed E-state index contributed by atoms with van der Waals surface area (Å²) < 4.78 is 34.0. The molecule has 4 N–H and O–H groups in total. The number of benzene rings is 3. The number of cyclic esters (lactones) is 1. The van der Waals surface area contributed by atoms with Gasteiger partial charge in [-0.2, -0.15) is 4.31 Å². The Morgan fingerprint density at radius 2 is 1.64 bits per heavy atom. The fraction of sp³-hybridized carbons (Fsp3) is 0.375. The van der Waals surface area contributed by atoms with Crippen LogP contribution in [0, 0.1) is 5.92 Å². The van der Waals surface area contributed by atoms with Gasteiger partial charge in [0.25, 0.3) is 0 Å². The van der Waals surface area contributed by atoms with Crippen molar-refractivity contribution in [2.24, 2.45) is 5.92 Å². The van der Waals surface area contributed by atoms with Crippen LogP contribution in [-0.2, 0) is 27.8 Å². The summed E-state index contributed by atoms with van der Waals surface area (Å²) in [6.45, 7) is 3.42. The van der Waals surface area contributed by atoms with Gasteiger partial charge in [0, 0.05) is 30.4 Å². The van der Waals surface area contributed by atoms with E-state index in [1.165, 1.54) is 33.5 Å². The van der Waals surface area contributed by atoms with Crippen LogP contribution >= 0.6 is 0 Å². The quantitative estimate of drug-likeness (QED) is 0.147. The smallest absolute Gasteiger partial charge is 0.414 e. The predicted octanol–water partition coefficient (Wildman–Crippen LogP) is 2.54. The zero-order valence-corrected chi connectivity index (χ0v) is 25.5. The Kier molecular flexibility index (Phi) is 11.2. The second-order valence-electron chi connectivity index (χ2n) is 11.2. The fourth-order valence-electron chi connectivity index (χ4n) is 5.02. The molecule has 1 saturated heterocycles. The minimum absolute atomic E-state index is 0.0132. The summed E-state index contributed by atoms with van der Waals surface area (Å²) in [5.41, 5.74) is 2.37. The summed E-state index contributed by atoms with van der Waals surface area (Å²) in [7, 11) is -4.01. The largest absolute Gasteiger partial charge is 0.440 e. The first-order valence-corrected chi connectivity index (χ1v) is 15.8. The summed E-state index contributed by atoms with van der Waals surface area (Å²) in [6, 6.07) is 20.7. The molecule has 0 aromatic heterocycles. The highest BCUT2D eigenvalue weighted by Gasteiger charge is 2.39. The molecule has 1 amide bonds.